The summed E-state index contributed by atoms with van der Waals surface area (Å²) in [5.41, 5.74) is 1.33. The van der Waals surface area contributed by atoms with Gasteiger partial charge in [0.2, 0.25) is 0 Å². The lowest BCUT2D eigenvalue weighted by Crippen LogP contribution is -2.40. The molecule has 0 radical (unpaired) electrons. The molecule has 120 valence electrons. The Bertz CT molecular complexity index is 590. The monoisotopic (exact) mass is 312 g/mol. The van der Waals surface area contributed by atoms with E-state index < -0.39 is 12.1 Å². The van der Waals surface area contributed by atoms with Gasteiger partial charge in [-0.25, -0.2) is 14.9 Å². The number of imide groups is 1. The van der Waals surface area contributed by atoms with Crippen LogP contribution in [-0.2, 0) is 4.74 Å². The molecular formula is C18H20N2O3. The molecule has 1 N–H and O–H groups in total. The van der Waals surface area contributed by atoms with Crippen LogP contribution in [-0.4, -0.2) is 18.7 Å². The number of alkyl carbamates (subject to hydrolysis) is 1. The summed E-state index contributed by atoms with van der Waals surface area (Å²) in [6.07, 6.45) is 0.949. The Hall–Kier alpha value is -2.82. The molecule has 2 aromatic rings. The second kappa shape index (κ2) is 8.58. The number of benzene rings is 2. The predicted molar refractivity (Wildman–Crippen MR) is 89.8 cm³/mol. The smallest absolute Gasteiger partial charge is 0.415 e. The summed E-state index contributed by atoms with van der Waals surface area (Å²) in [5, 5.41) is 2.26. The van der Waals surface area contributed by atoms with Crippen molar-refractivity contribution in [1.82, 2.24) is 5.32 Å². The zero-order valence-electron chi connectivity index (χ0n) is 13.1. The van der Waals surface area contributed by atoms with Gasteiger partial charge in [0.05, 0.1) is 18.0 Å². The summed E-state index contributed by atoms with van der Waals surface area (Å²) in [5.74, 6) is 0. The molecule has 0 aromatic heterocycles. The van der Waals surface area contributed by atoms with Crippen LogP contribution in [0.15, 0.2) is 60.7 Å². The fourth-order valence-electron chi connectivity index (χ4n) is 2.03. The van der Waals surface area contributed by atoms with Crippen LogP contribution in [0.3, 0.4) is 0 Å². The van der Waals surface area contributed by atoms with E-state index in [1.807, 2.05) is 43.3 Å². The van der Waals surface area contributed by atoms with Gasteiger partial charge in [-0.2, -0.15) is 0 Å². The van der Waals surface area contributed by atoms with Gasteiger partial charge in [0.1, 0.15) is 0 Å². The van der Waals surface area contributed by atoms with Crippen LogP contribution in [0.25, 0.3) is 0 Å². The number of carbonyl (C=O) groups excluding carboxylic acids is 2. The van der Waals surface area contributed by atoms with Gasteiger partial charge in [-0.05, 0) is 30.7 Å². The van der Waals surface area contributed by atoms with E-state index in [0.29, 0.717) is 18.0 Å². The highest BCUT2D eigenvalue weighted by molar-refractivity contribution is 6.05. The third-order valence-corrected chi connectivity index (χ3v) is 3.17. The highest BCUT2D eigenvalue weighted by Crippen LogP contribution is 2.24. The molecule has 0 spiro atoms. The second-order valence-corrected chi connectivity index (χ2v) is 4.93. The molecule has 2 aromatic carbocycles. The van der Waals surface area contributed by atoms with Crippen LogP contribution < -0.4 is 10.2 Å². The molecule has 0 atom stereocenters. The van der Waals surface area contributed by atoms with E-state index in [1.54, 1.807) is 24.3 Å². The molecule has 23 heavy (non-hydrogen) atoms. The molecule has 0 fully saturated rings. The van der Waals surface area contributed by atoms with Crippen molar-refractivity contribution in [2.75, 3.05) is 11.5 Å². The number of urea groups is 1. The summed E-state index contributed by atoms with van der Waals surface area (Å²) in [6, 6.07) is 17.7. The van der Waals surface area contributed by atoms with E-state index in [0.717, 1.165) is 12.8 Å². The lowest BCUT2D eigenvalue weighted by Gasteiger charge is -2.22. The first-order valence-corrected chi connectivity index (χ1v) is 7.60. The summed E-state index contributed by atoms with van der Waals surface area (Å²) in [4.78, 5) is 25.6. The minimum atomic E-state index is -0.736. The standard InChI is InChI=1S/C18H20N2O3/c1-2-3-14-23-18(22)19-17(21)20(15-10-6-4-7-11-15)16-12-8-5-9-13-16/h4-13H,2-3,14H2,1H3,(H,19,21,22). The number of carbonyl (C=O) groups is 2. The molecule has 0 bridgehead atoms. The number of amides is 3. The maximum atomic E-state index is 12.5. The highest BCUT2D eigenvalue weighted by Gasteiger charge is 2.20. The van der Waals surface area contributed by atoms with E-state index >= 15 is 0 Å². The number of unbranched alkanes of at least 4 members (excludes halogenated alkanes) is 1. The first-order valence-electron chi connectivity index (χ1n) is 7.60. The van der Waals surface area contributed by atoms with Crippen molar-refractivity contribution in [1.29, 1.82) is 0 Å². The Morgan fingerprint density at radius 1 is 0.957 bits per heavy atom. The number of hydrogen-bond acceptors (Lipinski definition) is 3. The molecule has 5 heteroatoms. The number of hydrogen-bond donors (Lipinski definition) is 1. The van der Waals surface area contributed by atoms with Crippen molar-refractivity contribution in [3.63, 3.8) is 0 Å². The van der Waals surface area contributed by atoms with E-state index in [-0.39, 0.29) is 0 Å². The summed E-state index contributed by atoms with van der Waals surface area (Å²) in [6.45, 7) is 2.30. The van der Waals surface area contributed by atoms with Crippen molar-refractivity contribution < 1.29 is 14.3 Å². The molecule has 0 heterocycles. The molecule has 5 nitrogen and oxygen atoms in total. The van der Waals surface area contributed by atoms with Crippen molar-refractivity contribution in [3.05, 3.63) is 60.7 Å². The molecule has 3 amide bonds. The zero-order chi connectivity index (χ0) is 16.5. The van der Waals surface area contributed by atoms with Crippen molar-refractivity contribution in [2.45, 2.75) is 19.8 Å². The van der Waals surface area contributed by atoms with E-state index in [4.69, 9.17) is 4.74 Å². The third kappa shape index (κ3) is 4.85. The SMILES string of the molecule is CCCCOC(=O)NC(=O)N(c1ccccc1)c1ccccc1. The van der Waals surface area contributed by atoms with Crippen LogP contribution in [0.1, 0.15) is 19.8 Å². The van der Waals surface area contributed by atoms with Gasteiger partial charge in [-0.15, -0.1) is 0 Å². The van der Waals surface area contributed by atoms with Crippen LogP contribution in [0.4, 0.5) is 21.0 Å². The van der Waals surface area contributed by atoms with Gasteiger partial charge in [0, 0.05) is 0 Å². The van der Waals surface area contributed by atoms with Crippen LogP contribution in [0.2, 0.25) is 0 Å². The number of para-hydroxylation sites is 2. The maximum absolute atomic E-state index is 12.5. The molecule has 0 saturated heterocycles. The maximum Gasteiger partial charge on any atom is 0.415 e. The number of ether oxygens (including phenoxy) is 1. The van der Waals surface area contributed by atoms with E-state index in [2.05, 4.69) is 5.32 Å². The first kappa shape index (κ1) is 16.5. The minimum absolute atomic E-state index is 0.298. The average Bonchev–Trinajstić information content (AvgIpc) is 2.57. The van der Waals surface area contributed by atoms with Gasteiger partial charge in [-0.1, -0.05) is 49.7 Å². The summed E-state index contributed by atoms with van der Waals surface area (Å²) in [7, 11) is 0. The quantitative estimate of drug-likeness (QED) is 0.829. The fraction of sp³-hybridized carbons (Fsp3) is 0.222. The molecule has 0 aliphatic rings. The highest BCUT2D eigenvalue weighted by atomic mass is 16.5. The number of nitrogens with zero attached hydrogens (tertiary/aromatic N) is 1. The lowest BCUT2D eigenvalue weighted by molar-refractivity contribution is 0.146. The Kier molecular flexibility index (Phi) is 6.17. The topological polar surface area (TPSA) is 58.6 Å². The number of rotatable bonds is 5. The van der Waals surface area contributed by atoms with Gasteiger partial charge >= 0.3 is 12.1 Å². The molecule has 0 unspecified atom stereocenters. The molecule has 2 rings (SSSR count). The van der Waals surface area contributed by atoms with Crippen molar-refractivity contribution >= 4 is 23.5 Å². The van der Waals surface area contributed by atoms with Gasteiger partial charge in [-0.3, -0.25) is 4.90 Å². The molecule has 0 saturated carbocycles. The zero-order valence-corrected chi connectivity index (χ0v) is 13.1. The van der Waals surface area contributed by atoms with Crippen LogP contribution >= 0.6 is 0 Å². The van der Waals surface area contributed by atoms with Crippen LogP contribution in [0.5, 0.6) is 0 Å². The normalized spacial score (nSPS) is 9.96. The second-order valence-electron chi connectivity index (χ2n) is 4.93. The summed E-state index contributed by atoms with van der Waals surface area (Å²) < 4.78 is 4.98. The first-order chi connectivity index (χ1) is 11.2. The summed E-state index contributed by atoms with van der Waals surface area (Å²) >= 11 is 0. The van der Waals surface area contributed by atoms with Gasteiger partial charge < -0.3 is 4.74 Å². The average molecular weight is 312 g/mol. The third-order valence-electron chi connectivity index (χ3n) is 3.17. The van der Waals surface area contributed by atoms with Gasteiger partial charge in [0.25, 0.3) is 0 Å². The Labute approximate surface area is 135 Å². The Balaban J connectivity index is 2.15. The van der Waals surface area contributed by atoms with Crippen molar-refractivity contribution in [2.24, 2.45) is 0 Å². The predicted octanol–water partition coefficient (Wildman–Crippen LogP) is 4.47. The van der Waals surface area contributed by atoms with E-state index in [1.165, 1.54) is 4.90 Å². The fourth-order valence-corrected chi connectivity index (χ4v) is 2.03. The van der Waals surface area contributed by atoms with Crippen LogP contribution in [0, 0.1) is 0 Å². The molecule has 0 aliphatic heterocycles. The van der Waals surface area contributed by atoms with E-state index in [9.17, 15) is 9.59 Å². The number of nitrogens with one attached hydrogen (secondary N) is 1. The number of anilines is 2. The molecule has 0 aliphatic carbocycles. The van der Waals surface area contributed by atoms with Gasteiger partial charge in [0.15, 0.2) is 0 Å². The Morgan fingerprint density at radius 3 is 1.96 bits per heavy atom. The largest absolute Gasteiger partial charge is 0.449 e. The minimum Gasteiger partial charge on any atom is -0.449 e. The Morgan fingerprint density at radius 2 is 1.48 bits per heavy atom. The lowest BCUT2D eigenvalue weighted by atomic mass is 10.2. The van der Waals surface area contributed by atoms with Crippen molar-refractivity contribution in [3.8, 4) is 0 Å². The molecular weight excluding hydrogens is 292 g/mol.